The Bertz CT molecular complexity index is 1670. The van der Waals surface area contributed by atoms with Gasteiger partial charge >= 0.3 is 11.9 Å². The van der Waals surface area contributed by atoms with Crippen LogP contribution in [0.5, 0.6) is 0 Å². The monoisotopic (exact) mass is 1340 g/mol. The van der Waals surface area contributed by atoms with Crippen molar-refractivity contribution in [3.8, 4) is 0 Å². The summed E-state index contributed by atoms with van der Waals surface area (Å²) in [5, 5.41) is 9.75. The lowest BCUT2D eigenvalue weighted by atomic mass is 10.0. The molecule has 0 amide bonds. The van der Waals surface area contributed by atoms with E-state index in [-0.39, 0.29) is 25.2 Å². The van der Waals surface area contributed by atoms with Crippen LogP contribution in [0.3, 0.4) is 0 Å². The summed E-state index contributed by atoms with van der Waals surface area (Å²) < 4.78 is 10.8. The van der Waals surface area contributed by atoms with Gasteiger partial charge in [0.15, 0.2) is 6.10 Å². The first-order valence-corrected chi connectivity index (χ1v) is 43.5. The average molecular weight is 1340 g/mol. The van der Waals surface area contributed by atoms with E-state index in [4.69, 9.17) is 9.47 Å². The molecule has 0 heterocycles. The maximum Gasteiger partial charge on any atom is 0.306 e. The Labute approximate surface area is 601 Å². The van der Waals surface area contributed by atoms with Gasteiger partial charge in [0, 0.05) is 12.8 Å². The summed E-state index contributed by atoms with van der Waals surface area (Å²) in [6.45, 7) is 4.08. The normalized spacial score (nSPS) is 12.5. The number of unbranched alkanes of at least 4 members (excludes halogenated alkanes) is 62. The van der Waals surface area contributed by atoms with Crippen molar-refractivity contribution in [1.29, 1.82) is 0 Å². The van der Waals surface area contributed by atoms with Crippen molar-refractivity contribution in [3.63, 3.8) is 0 Å². The van der Waals surface area contributed by atoms with Gasteiger partial charge in [-0.25, -0.2) is 0 Å². The predicted molar refractivity (Wildman–Crippen MR) is 427 cm³/mol. The minimum atomic E-state index is -0.771. The number of hydrogen-bond acceptors (Lipinski definition) is 5. The quantitative estimate of drug-likeness (QED) is 0.0373. The molecule has 5 nitrogen and oxygen atoms in total. The number of hydrogen-bond donors (Lipinski definition) is 1. The number of esters is 2. The number of rotatable bonds is 82. The fourth-order valence-corrected chi connectivity index (χ4v) is 13.5. The van der Waals surface area contributed by atoms with Gasteiger partial charge in [-0.15, -0.1) is 0 Å². The molecule has 0 saturated heterocycles. The summed E-state index contributed by atoms with van der Waals surface area (Å²) in [5.41, 5.74) is 0. The first-order chi connectivity index (χ1) is 47.6. The third kappa shape index (κ3) is 83.8. The Morgan fingerprint density at radius 1 is 0.250 bits per heavy atom. The lowest BCUT2D eigenvalue weighted by Gasteiger charge is -2.15. The minimum Gasteiger partial charge on any atom is -0.462 e. The van der Waals surface area contributed by atoms with Crippen LogP contribution < -0.4 is 0 Å². The molecule has 0 aromatic rings. The van der Waals surface area contributed by atoms with E-state index in [2.05, 4.69) is 86.8 Å². The van der Waals surface area contributed by atoms with Gasteiger partial charge in [0.1, 0.15) is 6.61 Å². The zero-order valence-electron chi connectivity index (χ0n) is 64.9. The molecule has 0 aliphatic heterocycles. The minimum absolute atomic E-state index is 0.0590. The molecule has 0 aliphatic rings. The van der Waals surface area contributed by atoms with E-state index in [1.165, 1.54) is 385 Å². The molecule has 0 rings (SSSR count). The highest BCUT2D eigenvalue weighted by Crippen LogP contribution is 2.21. The second kappa shape index (κ2) is 86.6. The van der Waals surface area contributed by atoms with E-state index < -0.39 is 6.10 Å². The maximum atomic E-state index is 12.4. The number of carbonyl (C=O) groups excluding carboxylic acids is 2. The van der Waals surface area contributed by atoms with Gasteiger partial charge in [-0.2, -0.15) is 0 Å². The molecule has 0 saturated carbocycles. The van der Waals surface area contributed by atoms with Crippen molar-refractivity contribution in [3.05, 3.63) is 72.9 Å². The summed E-state index contributed by atoms with van der Waals surface area (Å²) in [6, 6.07) is 0. The van der Waals surface area contributed by atoms with E-state index in [9.17, 15) is 14.7 Å². The van der Waals surface area contributed by atoms with E-state index >= 15 is 0 Å². The van der Waals surface area contributed by atoms with Crippen LogP contribution in [0.15, 0.2) is 72.9 Å². The van der Waals surface area contributed by atoms with Crippen LogP contribution in [0.4, 0.5) is 0 Å². The van der Waals surface area contributed by atoms with Crippen LogP contribution in [0.25, 0.3) is 0 Å². The number of carbonyl (C=O) groups is 2. The third-order valence-electron chi connectivity index (χ3n) is 20.0. The maximum absolute atomic E-state index is 12.4. The van der Waals surface area contributed by atoms with Gasteiger partial charge in [0.2, 0.25) is 0 Å². The zero-order chi connectivity index (χ0) is 69.0. The molecule has 0 fully saturated rings. The fraction of sp³-hybridized carbons (Fsp3) is 0.846. The molecule has 0 aromatic carbocycles. The van der Waals surface area contributed by atoms with Gasteiger partial charge in [-0.1, -0.05) is 453 Å². The van der Waals surface area contributed by atoms with Crippen molar-refractivity contribution in [2.45, 2.75) is 482 Å². The van der Waals surface area contributed by atoms with E-state index in [0.29, 0.717) is 12.8 Å². The van der Waals surface area contributed by atoms with Crippen LogP contribution in [-0.2, 0) is 19.1 Å². The first-order valence-electron chi connectivity index (χ1n) is 43.5. The SMILES string of the molecule is CC/C=C\C/C=C\C/C=C\C/C=C\CCCCCCCCCCCCCCCCCCCCCCCCCCCCCCC(=O)OC(CO)COC(=O)CCCCCCCCCCCCCCCCCCCCCCCCCCCCCCC/C=C\C/C=C\CCCCCCC. The Morgan fingerprint density at radius 2 is 0.448 bits per heavy atom. The van der Waals surface area contributed by atoms with Crippen molar-refractivity contribution in [2.75, 3.05) is 13.2 Å². The standard InChI is InChI=1S/C91H168O5/c1-3-5-7-9-11-13-15-17-19-21-23-25-27-29-31-33-35-37-39-41-43-45-47-49-51-53-55-57-59-61-63-65-67-69-71-73-75-77-79-81-83-85-90(93)95-88-89(87-92)96-91(94)86-84-82-80-78-76-74-72-70-68-66-64-62-60-58-56-54-52-50-48-46-44-42-40-38-36-34-32-30-28-26-24-22-20-18-16-14-12-10-8-6-4-2/h6,8,12,14-15,17-18,20-21,23-24,26,89,92H,3-5,7,9-11,13,16,19,22,25,27-88H2,1-2H3/b8-6-,14-12-,17-15-,20-18-,23-21-,26-24-. The Hall–Kier alpha value is -2.66. The molecule has 0 radical (unpaired) electrons. The van der Waals surface area contributed by atoms with Crippen molar-refractivity contribution < 1.29 is 24.2 Å². The lowest BCUT2D eigenvalue weighted by molar-refractivity contribution is -0.161. The molecular formula is C91H168O5. The largest absolute Gasteiger partial charge is 0.462 e. The van der Waals surface area contributed by atoms with Crippen LogP contribution in [0.2, 0.25) is 0 Å². The molecule has 1 N–H and O–H groups in total. The highest BCUT2D eigenvalue weighted by Gasteiger charge is 2.16. The summed E-state index contributed by atoms with van der Waals surface area (Å²) in [7, 11) is 0. The highest BCUT2D eigenvalue weighted by atomic mass is 16.6. The van der Waals surface area contributed by atoms with E-state index in [0.717, 1.165) is 64.2 Å². The Kier molecular flexibility index (Phi) is 84.2. The molecule has 562 valence electrons. The van der Waals surface area contributed by atoms with Gasteiger partial charge in [0.25, 0.3) is 0 Å². The molecule has 0 aliphatic carbocycles. The van der Waals surface area contributed by atoms with Crippen molar-refractivity contribution in [1.82, 2.24) is 0 Å². The average Bonchev–Trinajstić information content (AvgIpc) is 3.79. The number of aliphatic hydroxyl groups is 1. The van der Waals surface area contributed by atoms with Crippen molar-refractivity contribution in [2.24, 2.45) is 0 Å². The van der Waals surface area contributed by atoms with Gasteiger partial charge in [0.05, 0.1) is 6.61 Å². The zero-order valence-corrected chi connectivity index (χ0v) is 64.9. The lowest BCUT2D eigenvalue weighted by Crippen LogP contribution is -2.28. The van der Waals surface area contributed by atoms with E-state index in [1.807, 2.05) is 0 Å². The smallest absolute Gasteiger partial charge is 0.306 e. The molecule has 0 spiro atoms. The van der Waals surface area contributed by atoms with Crippen LogP contribution in [0, 0.1) is 0 Å². The van der Waals surface area contributed by atoms with Crippen LogP contribution >= 0.6 is 0 Å². The molecule has 96 heavy (non-hydrogen) atoms. The highest BCUT2D eigenvalue weighted by molar-refractivity contribution is 5.70. The van der Waals surface area contributed by atoms with Crippen LogP contribution in [0.1, 0.15) is 476 Å². The topological polar surface area (TPSA) is 72.8 Å². The summed E-state index contributed by atoms with van der Waals surface area (Å²) >= 11 is 0. The van der Waals surface area contributed by atoms with Gasteiger partial charge < -0.3 is 14.6 Å². The number of ether oxygens (including phenoxy) is 2. The number of allylic oxidation sites excluding steroid dienone is 12. The van der Waals surface area contributed by atoms with Crippen LogP contribution in [-0.4, -0.2) is 36.4 Å². The Morgan fingerprint density at radius 3 is 0.677 bits per heavy atom. The molecule has 1 unspecified atom stereocenters. The predicted octanol–water partition coefficient (Wildman–Crippen LogP) is 30.9. The molecule has 0 aromatic heterocycles. The summed E-state index contributed by atoms with van der Waals surface area (Å²) in [6.07, 6.45) is 122. The summed E-state index contributed by atoms with van der Waals surface area (Å²) in [4.78, 5) is 24.8. The second-order valence-electron chi connectivity index (χ2n) is 29.6. The Balaban J connectivity index is 3.35. The molecule has 0 bridgehead atoms. The third-order valence-corrected chi connectivity index (χ3v) is 20.0. The van der Waals surface area contributed by atoms with E-state index in [1.54, 1.807) is 0 Å². The molecular weight excluding hydrogens is 1170 g/mol. The van der Waals surface area contributed by atoms with Gasteiger partial charge in [-0.05, 0) is 83.5 Å². The molecule has 1 atom stereocenters. The fourth-order valence-electron chi connectivity index (χ4n) is 13.5. The first kappa shape index (κ1) is 93.3. The molecule has 5 heteroatoms. The van der Waals surface area contributed by atoms with Crippen molar-refractivity contribution >= 4 is 11.9 Å². The number of aliphatic hydroxyl groups excluding tert-OH is 1. The van der Waals surface area contributed by atoms with Gasteiger partial charge in [-0.3, -0.25) is 9.59 Å². The second-order valence-corrected chi connectivity index (χ2v) is 29.6. The summed E-state index contributed by atoms with van der Waals surface area (Å²) in [5.74, 6) is -0.561.